The minimum absolute atomic E-state index is 0.762. The summed E-state index contributed by atoms with van der Waals surface area (Å²) < 4.78 is 6.12. The van der Waals surface area contributed by atoms with Crippen LogP contribution in [0.5, 0.6) is 5.75 Å². The van der Waals surface area contributed by atoms with Gasteiger partial charge in [-0.2, -0.15) is 0 Å². The van der Waals surface area contributed by atoms with E-state index in [1.807, 2.05) is 0 Å². The van der Waals surface area contributed by atoms with Gasteiger partial charge in [0, 0.05) is 0 Å². The second-order valence-electron chi connectivity index (χ2n) is 12.5. The van der Waals surface area contributed by atoms with Gasteiger partial charge in [0.1, 0.15) is 5.75 Å². The van der Waals surface area contributed by atoms with Gasteiger partial charge in [0.15, 0.2) is 0 Å². The van der Waals surface area contributed by atoms with Crippen molar-refractivity contribution >= 4 is 0 Å². The molecule has 0 atom stereocenters. The Bertz CT molecular complexity index is 678. The molecule has 1 aromatic carbocycles. The van der Waals surface area contributed by atoms with E-state index < -0.39 is 0 Å². The maximum atomic E-state index is 6.12. The molecule has 1 nitrogen and oxygen atoms in total. The number of hydrogen-bond donors (Lipinski definition) is 0. The van der Waals surface area contributed by atoms with Gasteiger partial charge >= 0.3 is 0 Å². The average molecular weight is 497 g/mol. The summed E-state index contributed by atoms with van der Waals surface area (Å²) in [7, 11) is 0. The molecule has 0 spiro atoms. The van der Waals surface area contributed by atoms with Crippen molar-refractivity contribution in [3.05, 3.63) is 29.3 Å². The third-order valence-electron chi connectivity index (χ3n) is 9.54. The molecular formula is C35H60O. The molecule has 2 aliphatic carbocycles. The quantitative estimate of drug-likeness (QED) is 0.195. The van der Waals surface area contributed by atoms with Gasteiger partial charge in [-0.3, -0.25) is 0 Å². The fourth-order valence-electron chi connectivity index (χ4n) is 7.19. The van der Waals surface area contributed by atoms with E-state index in [0.29, 0.717) is 0 Å². The van der Waals surface area contributed by atoms with Gasteiger partial charge in [0.25, 0.3) is 0 Å². The topological polar surface area (TPSA) is 9.23 Å². The van der Waals surface area contributed by atoms with Gasteiger partial charge < -0.3 is 4.74 Å². The number of hydrogen-bond acceptors (Lipinski definition) is 1. The van der Waals surface area contributed by atoms with Crippen LogP contribution in [0.4, 0.5) is 0 Å². The summed E-state index contributed by atoms with van der Waals surface area (Å²) in [6.45, 7) is 7.69. The van der Waals surface area contributed by atoms with Crippen molar-refractivity contribution in [3.63, 3.8) is 0 Å². The standard InChI is InChI=1S/C35H60O/c1-4-7-9-11-13-15-29-17-21-31(22-18-29)34-26-25-33(36-27-6-3)28-35(34)32-23-19-30(20-24-32)16-14-12-10-8-5-2/h25-26,28-32H,4-24,27H2,1-3H3. The third-order valence-corrected chi connectivity index (χ3v) is 9.54. The summed E-state index contributed by atoms with van der Waals surface area (Å²) >= 11 is 0. The molecule has 0 unspecified atom stereocenters. The van der Waals surface area contributed by atoms with E-state index in [4.69, 9.17) is 4.74 Å². The fourth-order valence-corrected chi connectivity index (χ4v) is 7.19. The Morgan fingerprint density at radius 2 is 1.06 bits per heavy atom. The summed E-state index contributed by atoms with van der Waals surface area (Å²) in [6.07, 6.45) is 29.8. The van der Waals surface area contributed by atoms with Crippen LogP contribution in [0.2, 0.25) is 0 Å². The first kappa shape index (κ1) is 29.6. The zero-order valence-corrected chi connectivity index (χ0v) is 24.5. The van der Waals surface area contributed by atoms with Crippen LogP contribution in [0, 0.1) is 11.8 Å². The van der Waals surface area contributed by atoms with Crippen molar-refractivity contribution in [1.29, 1.82) is 0 Å². The van der Waals surface area contributed by atoms with Crippen LogP contribution in [0.3, 0.4) is 0 Å². The number of unbranched alkanes of at least 4 members (excludes halogenated alkanes) is 8. The highest BCUT2D eigenvalue weighted by Gasteiger charge is 2.29. The minimum Gasteiger partial charge on any atom is -0.494 e. The lowest BCUT2D eigenvalue weighted by Gasteiger charge is -2.34. The van der Waals surface area contributed by atoms with Gasteiger partial charge in [0.2, 0.25) is 0 Å². The van der Waals surface area contributed by atoms with Crippen LogP contribution in [0.1, 0.15) is 179 Å². The lowest BCUT2D eigenvalue weighted by molar-refractivity contribution is 0.288. The minimum atomic E-state index is 0.762. The number of rotatable bonds is 17. The van der Waals surface area contributed by atoms with E-state index in [2.05, 4.69) is 39.0 Å². The van der Waals surface area contributed by atoms with Gasteiger partial charge in [0.05, 0.1) is 6.61 Å². The molecule has 0 heterocycles. The van der Waals surface area contributed by atoms with Gasteiger partial charge in [-0.15, -0.1) is 0 Å². The second kappa shape index (κ2) is 17.5. The van der Waals surface area contributed by atoms with Gasteiger partial charge in [-0.05, 0) is 105 Å². The lowest BCUT2D eigenvalue weighted by Crippen LogP contribution is -2.18. The first-order chi connectivity index (χ1) is 17.7. The molecule has 206 valence electrons. The summed E-state index contributed by atoms with van der Waals surface area (Å²) in [5, 5.41) is 0. The molecule has 1 heteroatoms. The average Bonchev–Trinajstić information content (AvgIpc) is 2.92. The van der Waals surface area contributed by atoms with Gasteiger partial charge in [-0.25, -0.2) is 0 Å². The Labute approximate surface area is 225 Å². The molecule has 36 heavy (non-hydrogen) atoms. The molecule has 0 radical (unpaired) electrons. The molecule has 1 aromatic rings. The molecule has 0 N–H and O–H groups in total. The van der Waals surface area contributed by atoms with Crippen LogP contribution in [-0.4, -0.2) is 6.61 Å². The Morgan fingerprint density at radius 3 is 1.56 bits per heavy atom. The molecule has 2 aliphatic rings. The summed E-state index contributed by atoms with van der Waals surface area (Å²) in [6, 6.07) is 7.24. The highest BCUT2D eigenvalue weighted by Crippen LogP contribution is 2.45. The summed E-state index contributed by atoms with van der Waals surface area (Å²) in [4.78, 5) is 0. The molecule has 0 bridgehead atoms. The number of ether oxygens (including phenoxy) is 1. The molecule has 0 saturated heterocycles. The molecule has 3 rings (SSSR count). The maximum absolute atomic E-state index is 6.12. The Balaban J connectivity index is 1.54. The second-order valence-corrected chi connectivity index (χ2v) is 12.5. The first-order valence-corrected chi connectivity index (χ1v) is 16.5. The van der Waals surface area contributed by atoms with Crippen molar-refractivity contribution in [2.45, 2.75) is 167 Å². The van der Waals surface area contributed by atoms with Crippen molar-refractivity contribution in [2.75, 3.05) is 6.61 Å². The van der Waals surface area contributed by atoms with Crippen molar-refractivity contribution < 1.29 is 4.74 Å². The zero-order valence-electron chi connectivity index (χ0n) is 24.5. The number of benzene rings is 1. The monoisotopic (exact) mass is 496 g/mol. The van der Waals surface area contributed by atoms with E-state index in [1.165, 1.54) is 128 Å². The largest absolute Gasteiger partial charge is 0.494 e. The van der Waals surface area contributed by atoms with E-state index in [-0.39, 0.29) is 0 Å². The molecule has 2 fully saturated rings. The van der Waals surface area contributed by atoms with Crippen LogP contribution in [0.15, 0.2) is 18.2 Å². The zero-order chi connectivity index (χ0) is 25.4. The highest BCUT2D eigenvalue weighted by molar-refractivity contribution is 5.40. The van der Waals surface area contributed by atoms with E-state index >= 15 is 0 Å². The van der Waals surface area contributed by atoms with Crippen molar-refractivity contribution in [3.8, 4) is 5.75 Å². The van der Waals surface area contributed by atoms with E-state index in [1.54, 1.807) is 11.1 Å². The van der Waals surface area contributed by atoms with E-state index in [9.17, 15) is 0 Å². The molecular weight excluding hydrogens is 436 g/mol. The highest BCUT2D eigenvalue weighted by atomic mass is 16.5. The molecule has 0 aromatic heterocycles. The summed E-state index contributed by atoms with van der Waals surface area (Å²) in [5.41, 5.74) is 3.37. The summed E-state index contributed by atoms with van der Waals surface area (Å²) in [5.74, 6) is 4.64. The van der Waals surface area contributed by atoms with Crippen LogP contribution in [0.25, 0.3) is 0 Å². The SMILES string of the molecule is CCCCCCCC1CCC(c2ccc(OCCC)cc2C2CCC(CCCCCCC)CC2)CC1. The van der Waals surface area contributed by atoms with E-state index in [0.717, 1.165) is 42.4 Å². The molecule has 2 saturated carbocycles. The predicted molar refractivity (Wildman–Crippen MR) is 158 cm³/mol. The van der Waals surface area contributed by atoms with Crippen molar-refractivity contribution in [1.82, 2.24) is 0 Å². The first-order valence-electron chi connectivity index (χ1n) is 16.5. The Morgan fingerprint density at radius 1 is 0.556 bits per heavy atom. The molecule has 0 aliphatic heterocycles. The Hall–Kier alpha value is -0.980. The van der Waals surface area contributed by atoms with Crippen LogP contribution < -0.4 is 4.74 Å². The van der Waals surface area contributed by atoms with Crippen molar-refractivity contribution in [2.24, 2.45) is 11.8 Å². The normalized spacial score (nSPS) is 24.6. The maximum Gasteiger partial charge on any atom is 0.119 e. The third kappa shape index (κ3) is 10.1. The smallest absolute Gasteiger partial charge is 0.119 e. The van der Waals surface area contributed by atoms with Crippen LogP contribution >= 0.6 is 0 Å². The molecule has 0 amide bonds. The van der Waals surface area contributed by atoms with Crippen LogP contribution in [-0.2, 0) is 0 Å². The van der Waals surface area contributed by atoms with Gasteiger partial charge in [-0.1, -0.05) is 104 Å². The predicted octanol–water partition coefficient (Wildman–Crippen LogP) is 11.7. The Kier molecular flexibility index (Phi) is 14.4. The fraction of sp³-hybridized carbons (Fsp3) is 0.829. The lowest BCUT2D eigenvalue weighted by atomic mass is 9.71.